The van der Waals surface area contributed by atoms with Gasteiger partial charge in [-0.05, 0) is 24.3 Å². The van der Waals surface area contributed by atoms with Crippen LogP contribution >= 0.6 is 0 Å². The van der Waals surface area contributed by atoms with Crippen LogP contribution in [0.5, 0.6) is 0 Å². The molecule has 8 heteroatoms. The molecule has 23 heavy (non-hydrogen) atoms. The molecule has 120 valence electrons. The van der Waals surface area contributed by atoms with E-state index in [9.17, 15) is 22.0 Å². The minimum atomic E-state index is -4.67. The number of nitrogens with zero attached hydrogens (tertiary/aromatic N) is 2. The second-order valence-corrected chi connectivity index (χ2v) is 4.78. The molecule has 0 N–H and O–H groups in total. The van der Waals surface area contributed by atoms with Crippen molar-refractivity contribution in [3.05, 3.63) is 65.6 Å². The Balaban J connectivity index is 2.03. The number of benzene rings is 1. The van der Waals surface area contributed by atoms with Crippen molar-refractivity contribution in [3.8, 4) is 11.5 Å². The molecule has 0 saturated carbocycles. The minimum absolute atomic E-state index is 0.0233. The highest BCUT2D eigenvalue weighted by Gasteiger charge is 2.36. The second kappa shape index (κ2) is 5.53. The molecular weight excluding hydrogens is 319 g/mol. The number of halogens is 5. The molecule has 3 aromatic rings. The Labute approximate surface area is 127 Å². The van der Waals surface area contributed by atoms with Gasteiger partial charge in [-0.25, -0.2) is 8.78 Å². The largest absolute Gasteiger partial charge is 0.463 e. The van der Waals surface area contributed by atoms with Crippen LogP contribution in [-0.2, 0) is 12.7 Å². The van der Waals surface area contributed by atoms with Gasteiger partial charge < -0.3 is 4.42 Å². The number of alkyl halides is 3. The Hall–Kier alpha value is -2.64. The quantitative estimate of drug-likeness (QED) is 0.663. The van der Waals surface area contributed by atoms with Gasteiger partial charge >= 0.3 is 6.18 Å². The molecule has 0 saturated heterocycles. The van der Waals surface area contributed by atoms with E-state index in [0.29, 0.717) is 10.7 Å². The maximum atomic E-state index is 13.7. The predicted octanol–water partition coefficient (Wildman–Crippen LogP) is 4.49. The summed E-state index contributed by atoms with van der Waals surface area (Å²) in [6.07, 6.45) is -3.37. The van der Waals surface area contributed by atoms with E-state index in [-0.39, 0.29) is 17.0 Å². The predicted molar refractivity (Wildman–Crippen MR) is 70.4 cm³/mol. The van der Waals surface area contributed by atoms with E-state index in [2.05, 4.69) is 5.10 Å². The third-order valence-electron chi connectivity index (χ3n) is 3.18. The van der Waals surface area contributed by atoms with E-state index < -0.39 is 30.0 Å². The summed E-state index contributed by atoms with van der Waals surface area (Å²) in [5.74, 6) is -1.58. The molecule has 0 spiro atoms. The molecule has 0 fully saturated rings. The Morgan fingerprint density at radius 1 is 1.09 bits per heavy atom. The number of rotatable bonds is 3. The summed E-state index contributed by atoms with van der Waals surface area (Å²) in [5, 5.41) is 3.82. The van der Waals surface area contributed by atoms with Crippen LogP contribution in [0.1, 0.15) is 11.3 Å². The molecule has 0 radical (unpaired) electrons. The van der Waals surface area contributed by atoms with Gasteiger partial charge in [0.25, 0.3) is 0 Å². The summed E-state index contributed by atoms with van der Waals surface area (Å²) in [7, 11) is 0. The van der Waals surface area contributed by atoms with Crippen LogP contribution in [0, 0.1) is 11.6 Å². The van der Waals surface area contributed by atoms with Gasteiger partial charge in [-0.1, -0.05) is 6.07 Å². The van der Waals surface area contributed by atoms with Crippen LogP contribution in [0.25, 0.3) is 11.5 Å². The third-order valence-corrected chi connectivity index (χ3v) is 3.18. The first-order valence-corrected chi connectivity index (χ1v) is 6.47. The molecule has 2 heterocycles. The second-order valence-electron chi connectivity index (χ2n) is 4.78. The summed E-state index contributed by atoms with van der Waals surface area (Å²) in [4.78, 5) is 0. The molecule has 0 amide bonds. The van der Waals surface area contributed by atoms with Crippen LogP contribution in [-0.4, -0.2) is 9.78 Å². The van der Waals surface area contributed by atoms with Gasteiger partial charge in [-0.2, -0.15) is 18.3 Å². The smallest absolute Gasteiger partial charge is 0.433 e. The lowest BCUT2D eigenvalue weighted by Gasteiger charge is -2.10. The van der Waals surface area contributed by atoms with E-state index in [1.807, 2.05) is 0 Å². The van der Waals surface area contributed by atoms with Gasteiger partial charge in [-0.15, -0.1) is 0 Å². The minimum Gasteiger partial charge on any atom is -0.463 e. The topological polar surface area (TPSA) is 31.0 Å². The molecule has 0 unspecified atom stereocenters. The fraction of sp³-hybridized carbons (Fsp3) is 0.133. The highest BCUT2D eigenvalue weighted by atomic mass is 19.4. The Morgan fingerprint density at radius 3 is 2.48 bits per heavy atom. The van der Waals surface area contributed by atoms with Crippen LogP contribution in [0.15, 0.2) is 47.1 Å². The van der Waals surface area contributed by atoms with Gasteiger partial charge in [0.15, 0.2) is 5.76 Å². The molecule has 0 aliphatic carbocycles. The van der Waals surface area contributed by atoms with Gasteiger partial charge in [-0.3, -0.25) is 4.68 Å². The standard InChI is InChI=1S/C15H9F5N2O/c16-10-4-3-9(11(17)6-10)8-22-14(15(18,19)20)7-12(21-22)13-2-1-5-23-13/h1-7H,8H2. The molecule has 3 nitrogen and oxygen atoms in total. The Morgan fingerprint density at radius 2 is 1.87 bits per heavy atom. The maximum absolute atomic E-state index is 13.7. The zero-order chi connectivity index (χ0) is 16.6. The summed E-state index contributed by atoms with van der Waals surface area (Å²) < 4.78 is 71.6. The summed E-state index contributed by atoms with van der Waals surface area (Å²) >= 11 is 0. The lowest BCUT2D eigenvalue weighted by molar-refractivity contribution is -0.144. The van der Waals surface area contributed by atoms with Crippen LogP contribution in [0.3, 0.4) is 0 Å². The normalized spacial score (nSPS) is 11.9. The van der Waals surface area contributed by atoms with E-state index in [1.165, 1.54) is 18.4 Å². The molecule has 1 aromatic carbocycles. The molecule has 0 aliphatic heterocycles. The first-order valence-electron chi connectivity index (χ1n) is 6.47. The average Bonchev–Trinajstić information content (AvgIpc) is 3.10. The molecular formula is C15H9F5N2O. The number of furan rings is 1. The fourth-order valence-corrected chi connectivity index (χ4v) is 2.12. The third kappa shape index (κ3) is 3.10. The average molecular weight is 328 g/mol. The molecule has 0 atom stereocenters. The van der Waals surface area contributed by atoms with Crippen molar-refractivity contribution in [1.82, 2.24) is 9.78 Å². The molecule has 2 aromatic heterocycles. The SMILES string of the molecule is Fc1ccc(Cn2nc(-c3ccco3)cc2C(F)(F)F)c(F)c1. The molecule has 0 bridgehead atoms. The summed E-state index contributed by atoms with van der Waals surface area (Å²) in [6, 6.07) is 6.47. The number of hydrogen-bond donors (Lipinski definition) is 0. The summed E-state index contributed by atoms with van der Waals surface area (Å²) in [6.45, 7) is -0.484. The van der Waals surface area contributed by atoms with E-state index in [1.54, 1.807) is 0 Å². The molecule has 0 aliphatic rings. The first kappa shape index (κ1) is 15.3. The highest BCUT2D eigenvalue weighted by molar-refractivity contribution is 5.52. The lowest BCUT2D eigenvalue weighted by atomic mass is 10.2. The number of aromatic nitrogens is 2. The van der Waals surface area contributed by atoms with Gasteiger partial charge in [0.2, 0.25) is 0 Å². The van der Waals surface area contributed by atoms with Crippen LogP contribution in [0.4, 0.5) is 22.0 Å². The van der Waals surface area contributed by atoms with Crippen molar-refractivity contribution in [2.45, 2.75) is 12.7 Å². The van der Waals surface area contributed by atoms with Crippen molar-refractivity contribution < 1.29 is 26.4 Å². The lowest BCUT2D eigenvalue weighted by Crippen LogP contribution is -2.15. The zero-order valence-electron chi connectivity index (χ0n) is 11.4. The van der Waals surface area contributed by atoms with Crippen molar-refractivity contribution >= 4 is 0 Å². The maximum Gasteiger partial charge on any atom is 0.433 e. The Bertz CT molecular complexity index is 821. The fourth-order valence-electron chi connectivity index (χ4n) is 2.12. The van der Waals surface area contributed by atoms with Crippen molar-refractivity contribution in [2.24, 2.45) is 0 Å². The Kier molecular flexibility index (Phi) is 3.67. The summed E-state index contributed by atoms with van der Waals surface area (Å²) in [5.41, 5.74) is -1.18. The van der Waals surface area contributed by atoms with E-state index in [0.717, 1.165) is 18.2 Å². The van der Waals surface area contributed by atoms with Gasteiger partial charge in [0.1, 0.15) is 23.0 Å². The monoisotopic (exact) mass is 328 g/mol. The highest BCUT2D eigenvalue weighted by Crippen LogP contribution is 2.33. The van der Waals surface area contributed by atoms with Gasteiger partial charge in [0.05, 0.1) is 12.8 Å². The van der Waals surface area contributed by atoms with Crippen molar-refractivity contribution in [2.75, 3.05) is 0 Å². The zero-order valence-corrected chi connectivity index (χ0v) is 11.4. The molecule has 3 rings (SSSR count). The number of hydrogen-bond acceptors (Lipinski definition) is 2. The van der Waals surface area contributed by atoms with E-state index >= 15 is 0 Å². The van der Waals surface area contributed by atoms with E-state index in [4.69, 9.17) is 4.42 Å². The van der Waals surface area contributed by atoms with Crippen LogP contribution < -0.4 is 0 Å². The van der Waals surface area contributed by atoms with Gasteiger partial charge in [0, 0.05) is 11.6 Å². The van der Waals surface area contributed by atoms with Crippen molar-refractivity contribution in [3.63, 3.8) is 0 Å². The van der Waals surface area contributed by atoms with Crippen LogP contribution in [0.2, 0.25) is 0 Å². The first-order chi connectivity index (χ1) is 10.8. The van der Waals surface area contributed by atoms with Crippen molar-refractivity contribution in [1.29, 1.82) is 0 Å².